The number of nitrogens with two attached hydrogens (primary N) is 2. The van der Waals surface area contributed by atoms with Crippen molar-refractivity contribution in [3.05, 3.63) is 77.9 Å². The molecule has 3 aromatic rings. The fraction of sp³-hybridized carbons (Fsp3) is 0.413. The van der Waals surface area contributed by atoms with Crippen molar-refractivity contribution in [2.75, 3.05) is 18.1 Å². The number of carboxylic acids is 3. The van der Waals surface area contributed by atoms with Crippen molar-refractivity contribution in [2.24, 2.45) is 11.5 Å². The number of rotatable bonds is 33. The lowest BCUT2D eigenvalue weighted by atomic mass is 10.1. The molecule has 1 heterocycles. The lowest BCUT2D eigenvalue weighted by Crippen LogP contribution is -2.60. The van der Waals surface area contributed by atoms with E-state index in [1.165, 1.54) is 61.1 Å². The largest absolute Gasteiger partial charge is 0.508 e. The van der Waals surface area contributed by atoms with Crippen molar-refractivity contribution in [1.82, 2.24) is 52.5 Å². The highest BCUT2D eigenvalue weighted by molar-refractivity contribution is 7.80. The van der Waals surface area contributed by atoms with Gasteiger partial charge in [-0.1, -0.05) is 24.3 Å². The van der Waals surface area contributed by atoms with Gasteiger partial charge >= 0.3 is 17.9 Å². The summed E-state index contributed by atoms with van der Waals surface area (Å²) >= 11 is 8.16. The number of aromatic amines is 1. The topological polar surface area (TPSA) is 483 Å². The third-order valence-corrected chi connectivity index (χ3v) is 11.7. The number of aromatic hydroxyl groups is 2. The molecule has 0 saturated carbocycles. The Morgan fingerprint density at radius 2 is 0.987 bits per heavy atom. The minimum Gasteiger partial charge on any atom is -0.508 e. The summed E-state index contributed by atoms with van der Waals surface area (Å²) in [7, 11) is 0. The van der Waals surface area contributed by atoms with Crippen LogP contribution in [-0.2, 0) is 76.8 Å². The SMILES string of the molecule is NC(=O)CC[C@H](NC(=O)CNC(=O)[C@H](Cc1cnc[nH]1)NC(=O)[C@H](CCC(=O)O)NC(=O)[C@H](CC(=O)O)NC(=O)[C@H](CS)NC(=O)[C@@H](N)Cc1ccc(O)cc1)C(=O)N[C@@H](CS)C(=O)N[C@@H](Cc1ccc(O)cc1)C(=O)O. The quantitative estimate of drug-likeness (QED) is 0.0255. The van der Waals surface area contributed by atoms with E-state index in [2.05, 4.69) is 77.8 Å². The van der Waals surface area contributed by atoms with Gasteiger partial charge in [0.25, 0.3) is 0 Å². The number of hydrogen-bond acceptors (Lipinski definition) is 18. The van der Waals surface area contributed by atoms with Crippen LogP contribution < -0.4 is 54.0 Å². The van der Waals surface area contributed by atoms with E-state index >= 15 is 0 Å². The number of carbonyl (C=O) groups excluding carboxylic acids is 9. The molecule has 77 heavy (non-hydrogen) atoms. The molecule has 0 aliphatic rings. The summed E-state index contributed by atoms with van der Waals surface area (Å²) in [5.41, 5.74) is 12.5. The minimum absolute atomic E-state index is 0.0222. The molecule has 0 aliphatic heterocycles. The number of aliphatic carboxylic acids is 3. The van der Waals surface area contributed by atoms with Gasteiger partial charge < -0.3 is 84.5 Å². The van der Waals surface area contributed by atoms with Gasteiger partial charge in [0.05, 0.1) is 25.3 Å². The molecule has 418 valence electrons. The molecule has 29 nitrogen and oxygen atoms in total. The van der Waals surface area contributed by atoms with Gasteiger partial charge in [0, 0.05) is 49.1 Å². The Hall–Kier alpha value is -8.45. The zero-order valence-electron chi connectivity index (χ0n) is 40.8. The van der Waals surface area contributed by atoms with Crippen molar-refractivity contribution in [2.45, 2.75) is 99.7 Å². The molecule has 3 rings (SSSR count). The summed E-state index contributed by atoms with van der Waals surface area (Å²) in [5.74, 6) is -14.9. The fourth-order valence-electron chi connectivity index (χ4n) is 6.91. The second-order valence-electron chi connectivity index (χ2n) is 17.1. The first-order valence-corrected chi connectivity index (χ1v) is 24.5. The molecule has 18 N–H and O–H groups in total. The fourth-order valence-corrected chi connectivity index (χ4v) is 7.43. The second-order valence-corrected chi connectivity index (χ2v) is 17.8. The third kappa shape index (κ3) is 22.5. The van der Waals surface area contributed by atoms with Crippen LogP contribution in [0.1, 0.15) is 48.9 Å². The van der Waals surface area contributed by atoms with Gasteiger partial charge in [-0.15, -0.1) is 0 Å². The molecule has 0 unspecified atom stereocenters. The van der Waals surface area contributed by atoms with E-state index in [1.54, 1.807) is 0 Å². The van der Waals surface area contributed by atoms with Crippen LogP contribution in [0.4, 0.5) is 0 Å². The lowest BCUT2D eigenvalue weighted by molar-refractivity contribution is -0.142. The summed E-state index contributed by atoms with van der Waals surface area (Å²) < 4.78 is 0. The van der Waals surface area contributed by atoms with E-state index in [9.17, 15) is 83.1 Å². The number of phenolic OH excluding ortho intramolecular Hbond substituents is 2. The van der Waals surface area contributed by atoms with Crippen LogP contribution in [-0.4, -0.2) is 173 Å². The van der Waals surface area contributed by atoms with Crippen LogP contribution >= 0.6 is 25.3 Å². The van der Waals surface area contributed by atoms with E-state index in [4.69, 9.17) is 11.5 Å². The van der Waals surface area contributed by atoms with Crippen molar-refractivity contribution < 1.29 is 83.1 Å². The number of primary amides is 1. The first-order valence-electron chi connectivity index (χ1n) is 23.2. The molecule has 8 atom stereocenters. The highest BCUT2D eigenvalue weighted by atomic mass is 32.1. The molecule has 1 aromatic heterocycles. The van der Waals surface area contributed by atoms with Gasteiger partial charge in [-0.05, 0) is 54.7 Å². The third-order valence-electron chi connectivity index (χ3n) is 11.0. The standard InChI is InChI=1S/C46H60N12O17S2/c47-27(13-22-1-5-25(59)6-2-22)39(67)57-33(19-76)44(72)55-31(16-38(65)66)43(71)53-29(10-12-37(63)64)42(70)54-30(15-24-17-49-21-51-24)40(68)50-18-36(62)52-28(9-11-35(48)61)41(69)58-34(20-77)45(73)56-32(46(74)75)14-23-3-7-26(60)8-4-23/h1-8,17,21,27-34,59-60,76-77H,9-16,18-20,47H2,(H2,48,61)(H,49,51)(H,50,68)(H,52,62)(H,53,71)(H,54,70)(H,55,72)(H,56,73)(H,57,67)(H,58,69)(H,63,64)(H,65,66)(H,74,75)/t27-,28-,29-,30-,31-,32-,33-,34-/m0/s1. The number of carboxylic acid groups (broad SMARTS) is 3. The highest BCUT2D eigenvalue weighted by Crippen LogP contribution is 2.14. The molecule has 0 radical (unpaired) electrons. The number of aromatic nitrogens is 2. The first-order chi connectivity index (χ1) is 36.4. The Morgan fingerprint density at radius 3 is 1.48 bits per heavy atom. The predicted molar refractivity (Wildman–Crippen MR) is 273 cm³/mol. The molecule has 0 saturated heterocycles. The van der Waals surface area contributed by atoms with E-state index in [0.29, 0.717) is 11.1 Å². The van der Waals surface area contributed by atoms with Gasteiger partial charge in [-0.3, -0.25) is 52.7 Å². The number of nitrogens with zero attached hydrogens (tertiary/aromatic N) is 1. The summed E-state index contributed by atoms with van der Waals surface area (Å²) in [4.78, 5) is 161. The Kier molecular flexibility index (Phi) is 25.7. The molecule has 0 bridgehead atoms. The maximum atomic E-state index is 13.9. The summed E-state index contributed by atoms with van der Waals surface area (Å²) in [5, 5.41) is 66.2. The molecule has 2 aromatic carbocycles. The number of thiol groups is 2. The monoisotopic (exact) mass is 1120 g/mol. The molecule has 0 aliphatic carbocycles. The molecular formula is C46H60N12O17S2. The van der Waals surface area contributed by atoms with E-state index in [1.807, 2.05) is 0 Å². The predicted octanol–water partition coefficient (Wildman–Crippen LogP) is -4.76. The first kappa shape index (κ1) is 62.8. The number of amides is 9. The highest BCUT2D eigenvalue weighted by Gasteiger charge is 2.34. The van der Waals surface area contributed by atoms with Gasteiger partial charge in [0.2, 0.25) is 53.2 Å². The number of imidazole rings is 1. The number of phenols is 2. The number of nitrogens with one attached hydrogen (secondary N) is 9. The molecule has 9 amide bonds. The van der Waals surface area contributed by atoms with Crippen LogP contribution in [0.2, 0.25) is 0 Å². The Labute approximate surface area is 449 Å². The van der Waals surface area contributed by atoms with Crippen LogP contribution in [0.25, 0.3) is 0 Å². The second kappa shape index (κ2) is 31.4. The number of hydrogen-bond donors (Lipinski definition) is 18. The summed E-state index contributed by atoms with van der Waals surface area (Å²) in [6.45, 7) is -0.906. The van der Waals surface area contributed by atoms with Crippen molar-refractivity contribution in [3.63, 3.8) is 0 Å². The summed E-state index contributed by atoms with van der Waals surface area (Å²) in [6, 6.07) is -1.42. The smallest absolute Gasteiger partial charge is 0.326 e. The van der Waals surface area contributed by atoms with Crippen LogP contribution in [0.3, 0.4) is 0 Å². The van der Waals surface area contributed by atoms with Gasteiger partial charge in [-0.2, -0.15) is 25.3 Å². The van der Waals surface area contributed by atoms with Gasteiger partial charge in [0.1, 0.15) is 53.8 Å². The van der Waals surface area contributed by atoms with Crippen molar-refractivity contribution in [1.29, 1.82) is 0 Å². The van der Waals surface area contributed by atoms with E-state index in [-0.39, 0.29) is 48.0 Å². The van der Waals surface area contributed by atoms with Crippen LogP contribution in [0.5, 0.6) is 11.5 Å². The summed E-state index contributed by atoms with van der Waals surface area (Å²) in [6.07, 6.45) is -1.52. The maximum absolute atomic E-state index is 13.9. The number of benzene rings is 2. The molecular weight excluding hydrogens is 1060 g/mol. The molecule has 31 heteroatoms. The van der Waals surface area contributed by atoms with Crippen LogP contribution in [0, 0.1) is 0 Å². The zero-order chi connectivity index (χ0) is 57.4. The Balaban J connectivity index is 1.74. The van der Waals surface area contributed by atoms with Crippen molar-refractivity contribution >= 4 is 96.3 Å². The zero-order valence-corrected chi connectivity index (χ0v) is 42.6. The van der Waals surface area contributed by atoms with E-state index < -0.39 is 158 Å². The number of H-pyrrole nitrogens is 1. The lowest BCUT2D eigenvalue weighted by Gasteiger charge is -2.26. The van der Waals surface area contributed by atoms with Gasteiger partial charge in [0.15, 0.2) is 0 Å². The Morgan fingerprint density at radius 1 is 0.532 bits per heavy atom. The average Bonchev–Trinajstić information content (AvgIpc) is 3.89. The van der Waals surface area contributed by atoms with Crippen molar-refractivity contribution in [3.8, 4) is 11.5 Å². The number of carbonyl (C=O) groups is 12. The molecule has 0 fully saturated rings. The van der Waals surface area contributed by atoms with Gasteiger partial charge in [-0.25, -0.2) is 9.78 Å². The minimum atomic E-state index is -1.95. The maximum Gasteiger partial charge on any atom is 0.326 e. The van der Waals surface area contributed by atoms with Crippen LogP contribution in [0.15, 0.2) is 61.1 Å². The normalized spacial score (nSPS) is 14.0. The average molecular weight is 1120 g/mol. The molecule has 0 spiro atoms. The van der Waals surface area contributed by atoms with E-state index in [0.717, 1.165) is 0 Å². The Bertz CT molecular complexity index is 2570.